The van der Waals surface area contributed by atoms with E-state index in [0.717, 1.165) is 34.1 Å². The predicted octanol–water partition coefficient (Wildman–Crippen LogP) is 19.8. The van der Waals surface area contributed by atoms with E-state index in [-0.39, 0.29) is 0 Å². The van der Waals surface area contributed by atoms with E-state index in [2.05, 4.69) is 301 Å². The Morgan fingerprint density at radius 2 is 0.653 bits per heavy atom. The Bertz CT molecular complexity index is 4300. The fraction of sp³-hybridized carbons (Fsp3) is 0.0137. The van der Waals surface area contributed by atoms with Gasteiger partial charge in [0.25, 0.3) is 0 Å². The second-order valence-corrected chi connectivity index (χ2v) is 20.0. The molecule has 13 aromatic rings. The van der Waals surface area contributed by atoms with E-state index in [4.69, 9.17) is 0 Å². The van der Waals surface area contributed by atoms with Crippen LogP contribution in [0.4, 0.5) is 34.1 Å². The predicted molar refractivity (Wildman–Crippen MR) is 315 cm³/mol. The number of anilines is 6. The summed E-state index contributed by atoms with van der Waals surface area (Å²) in [5.74, 6) is 0. The third-order valence-electron chi connectivity index (χ3n) is 16.0. The zero-order valence-electron chi connectivity index (χ0n) is 41.1. The van der Waals surface area contributed by atoms with E-state index >= 15 is 0 Å². The van der Waals surface area contributed by atoms with Crippen LogP contribution in [0.2, 0.25) is 0 Å². The largest absolute Gasteiger partial charge is 0.310 e. The van der Waals surface area contributed by atoms with Crippen LogP contribution in [0.5, 0.6) is 0 Å². The first-order valence-electron chi connectivity index (χ1n) is 26.0. The zero-order valence-corrected chi connectivity index (χ0v) is 41.1. The molecule has 0 aromatic heterocycles. The molecule has 2 nitrogen and oxygen atoms in total. The van der Waals surface area contributed by atoms with Gasteiger partial charge in [0.05, 0.1) is 11.1 Å². The van der Waals surface area contributed by atoms with Gasteiger partial charge in [-0.3, -0.25) is 0 Å². The number of para-hydroxylation sites is 2. The van der Waals surface area contributed by atoms with Crippen LogP contribution in [0.1, 0.15) is 22.3 Å². The molecule has 0 heterocycles. The average molecular weight is 953 g/mol. The maximum absolute atomic E-state index is 2.53. The van der Waals surface area contributed by atoms with Gasteiger partial charge in [0.2, 0.25) is 0 Å². The molecular weight excluding hydrogens is 905 g/mol. The standard InChI is InChI=1S/C73H48N2/c1-3-22-58(23-4-1)74(60-40-35-51(36-41-60)56-33-31-49-17-7-9-20-54(49)45-56)62-47-69-72(71-63-26-12-11-19-53(63)39-44-68(71)73(69)66-29-15-13-27-64(66)65-28-14-16-30-67(65)73)70(48-62)75(59-24-5-2-6-25-59)61-42-37-52(38-43-61)57-34-32-50-18-8-10-21-55(50)46-57/h1-48H. The Morgan fingerprint density at radius 1 is 0.227 bits per heavy atom. The molecule has 2 aliphatic rings. The van der Waals surface area contributed by atoms with Gasteiger partial charge in [-0.25, -0.2) is 0 Å². The number of rotatable bonds is 8. The maximum Gasteiger partial charge on any atom is 0.0727 e. The van der Waals surface area contributed by atoms with Crippen LogP contribution in [0.3, 0.4) is 0 Å². The van der Waals surface area contributed by atoms with Gasteiger partial charge in [-0.05, 0) is 166 Å². The highest BCUT2D eigenvalue weighted by Crippen LogP contribution is 2.66. The molecule has 75 heavy (non-hydrogen) atoms. The molecule has 0 saturated carbocycles. The minimum absolute atomic E-state index is 0.628. The van der Waals surface area contributed by atoms with Crippen molar-refractivity contribution in [1.82, 2.24) is 0 Å². The fourth-order valence-electron chi connectivity index (χ4n) is 12.7. The molecule has 13 aromatic carbocycles. The van der Waals surface area contributed by atoms with Crippen molar-refractivity contribution in [3.8, 4) is 44.5 Å². The monoisotopic (exact) mass is 952 g/mol. The molecule has 1 spiro atoms. The molecule has 15 rings (SSSR count). The minimum Gasteiger partial charge on any atom is -0.310 e. The van der Waals surface area contributed by atoms with Gasteiger partial charge >= 0.3 is 0 Å². The van der Waals surface area contributed by atoms with Crippen LogP contribution in [0.15, 0.2) is 291 Å². The summed E-state index contributed by atoms with van der Waals surface area (Å²) >= 11 is 0. The first kappa shape index (κ1) is 42.9. The Balaban J connectivity index is 1.02. The Morgan fingerprint density at radius 3 is 1.23 bits per heavy atom. The van der Waals surface area contributed by atoms with Crippen molar-refractivity contribution >= 4 is 66.4 Å². The average Bonchev–Trinajstić information content (AvgIpc) is 4.02. The van der Waals surface area contributed by atoms with Crippen LogP contribution < -0.4 is 9.80 Å². The summed E-state index contributed by atoms with van der Waals surface area (Å²) in [6.07, 6.45) is 0. The molecule has 0 unspecified atom stereocenters. The topological polar surface area (TPSA) is 6.48 Å². The van der Waals surface area contributed by atoms with Gasteiger partial charge in [-0.1, -0.05) is 218 Å². The molecule has 0 fully saturated rings. The van der Waals surface area contributed by atoms with Crippen LogP contribution in [-0.2, 0) is 5.41 Å². The van der Waals surface area contributed by atoms with E-state index in [1.54, 1.807) is 0 Å². The SMILES string of the molecule is c1ccc(N(c2ccc(-c3ccc4ccccc4c3)cc2)c2cc(N(c3ccccc3)c3ccc(-c4ccc5ccccc5c4)cc3)c3c(c2)C2(c4ccccc4-c4ccccc42)c2ccc4ccccc4c2-3)cc1. The molecule has 0 aliphatic heterocycles. The molecule has 2 aliphatic carbocycles. The number of fused-ring (bicyclic) bond motifs is 14. The molecule has 0 amide bonds. The molecule has 0 bridgehead atoms. The molecular formula is C73H48N2. The van der Waals surface area contributed by atoms with Gasteiger partial charge in [-0.15, -0.1) is 0 Å². The molecule has 0 radical (unpaired) electrons. The molecule has 350 valence electrons. The molecule has 2 heteroatoms. The Kier molecular flexibility index (Phi) is 9.83. The normalized spacial score (nSPS) is 12.6. The van der Waals surface area contributed by atoms with Crippen molar-refractivity contribution in [2.45, 2.75) is 5.41 Å². The van der Waals surface area contributed by atoms with Crippen LogP contribution in [-0.4, -0.2) is 0 Å². The lowest BCUT2D eigenvalue weighted by Crippen LogP contribution is -2.26. The van der Waals surface area contributed by atoms with E-state index in [1.165, 1.54) is 99.1 Å². The summed E-state index contributed by atoms with van der Waals surface area (Å²) in [6.45, 7) is 0. The lowest BCUT2D eigenvalue weighted by Gasteiger charge is -2.34. The summed E-state index contributed by atoms with van der Waals surface area (Å²) in [5, 5.41) is 7.42. The zero-order chi connectivity index (χ0) is 49.5. The number of hydrogen-bond donors (Lipinski definition) is 0. The first-order valence-corrected chi connectivity index (χ1v) is 26.0. The van der Waals surface area contributed by atoms with Crippen molar-refractivity contribution in [2.75, 3.05) is 9.80 Å². The first-order chi connectivity index (χ1) is 37.2. The fourth-order valence-corrected chi connectivity index (χ4v) is 12.7. The Hall–Kier alpha value is -9.76. The molecule has 0 atom stereocenters. The van der Waals surface area contributed by atoms with Crippen molar-refractivity contribution in [1.29, 1.82) is 0 Å². The third kappa shape index (κ3) is 6.73. The smallest absolute Gasteiger partial charge is 0.0727 e. The van der Waals surface area contributed by atoms with Gasteiger partial charge in [0.1, 0.15) is 0 Å². The van der Waals surface area contributed by atoms with Crippen LogP contribution in [0, 0.1) is 0 Å². The lowest BCUT2D eigenvalue weighted by atomic mass is 9.70. The summed E-state index contributed by atoms with van der Waals surface area (Å²) in [5.41, 5.74) is 20.8. The Labute approximate surface area is 437 Å². The summed E-state index contributed by atoms with van der Waals surface area (Å²) < 4.78 is 0. The lowest BCUT2D eigenvalue weighted by molar-refractivity contribution is 0.794. The van der Waals surface area contributed by atoms with Crippen LogP contribution >= 0.6 is 0 Å². The third-order valence-corrected chi connectivity index (χ3v) is 16.0. The van der Waals surface area contributed by atoms with Crippen molar-refractivity contribution in [3.05, 3.63) is 313 Å². The summed E-state index contributed by atoms with van der Waals surface area (Å²) in [7, 11) is 0. The second-order valence-electron chi connectivity index (χ2n) is 20.0. The maximum atomic E-state index is 2.53. The van der Waals surface area contributed by atoms with Crippen molar-refractivity contribution in [2.24, 2.45) is 0 Å². The highest BCUT2D eigenvalue weighted by molar-refractivity contribution is 6.11. The number of hydrogen-bond acceptors (Lipinski definition) is 2. The van der Waals surface area contributed by atoms with Gasteiger partial charge in [0.15, 0.2) is 0 Å². The number of benzene rings is 13. The van der Waals surface area contributed by atoms with E-state index in [9.17, 15) is 0 Å². The highest BCUT2D eigenvalue weighted by atomic mass is 15.2. The van der Waals surface area contributed by atoms with Gasteiger partial charge in [-0.2, -0.15) is 0 Å². The molecule has 0 saturated heterocycles. The van der Waals surface area contributed by atoms with Crippen molar-refractivity contribution < 1.29 is 0 Å². The van der Waals surface area contributed by atoms with E-state index < -0.39 is 5.41 Å². The van der Waals surface area contributed by atoms with E-state index in [0.29, 0.717) is 0 Å². The van der Waals surface area contributed by atoms with Crippen LogP contribution in [0.25, 0.3) is 76.8 Å². The summed E-state index contributed by atoms with van der Waals surface area (Å²) in [4.78, 5) is 4.97. The van der Waals surface area contributed by atoms with E-state index in [1.807, 2.05) is 0 Å². The summed E-state index contributed by atoms with van der Waals surface area (Å²) in [6, 6.07) is 108. The molecule has 0 N–H and O–H groups in total. The quantitative estimate of drug-likeness (QED) is 0.150. The van der Waals surface area contributed by atoms with Gasteiger partial charge < -0.3 is 9.80 Å². The second kappa shape index (κ2) is 17.2. The van der Waals surface area contributed by atoms with Crippen molar-refractivity contribution in [3.63, 3.8) is 0 Å². The number of nitrogens with zero attached hydrogens (tertiary/aromatic N) is 2. The highest BCUT2D eigenvalue weighted by Gasteiger charge is 2.53. The minimum atomic E-state index is -0.628. The van der Waals surface area contributed by atoms with Gasteiger partial charge in [0, 0.05) is 34.0 Å².